The van der Waals surface area contributed by atoms with Gasteiger partial charge in [-0.2, -0.15) is 0 Å². The molecule has 3 N–H and O–H groups in total. The van der Waals surface area contributed by atoms with Gasteiger partial charge >= 0.3 is 0 Å². The van der Waals surface area contributed by atoms with Crippen molar-refractivity contribution < 1.29 is 5.11 Å². The quantitative estimate of drug-likeness (QED) is 0.717. The zero-order valence-electron chi connectivity index (χ0n) is 9.53. The fraction of sp³-hybridized carbons (Fsp3) is 0.385. The van der Waals surface area contributed by atoms with Crippen LogP contribution in [-0.4, -0.2) is 23.2 Å². The lowest BCUT2D eigenvalue weighted by Crippen LogP contribution is -2.22. The molecule has 0 bridgehead atoms. The molecule has 1 aromatic carbocycles. The molecule has 0 aliphatic carbocycles. The summed E-state index contributed by atoms with van der Waals surface area (Å²) in [5, 5.41) is 13.5. The predicted molar refractivity (Wildman–Crippen MR) is 66.3 cm³/mol. The van der Waals surface area contributed by atoms with E-state index in [1.165, 1.54) is 16.5 Å². The van der Waals surface area contributed by atoms with Gasteiger partial charge in [-0.1, -0.05) is 25.1 Å². The Morgan fingerprint density at radius 1 is 1.38 bits per heavy atom. The van der Waals surface area contributed by atoms with Crippen LogP contribution in [0.5, 0.6) is 0 Å². The third-order valence-electron chi connectivity index (χ3n) is 2.79. The Morgan fingerprint density at radius 2 is 2.19 bits per heavy atom. The Hall–Kier alpha value is -1.32. The number of para-hydroxylation sites is 1. The Balaban J connectivity index is 1.99. The fourth-order valence-electron chi connectivity index (χ4n) is 1.80. The Kier molecular flexibility index (Phi) is 3.59. The summed E-state index contributed by atoms with van der Waals surface area (Å²) in [5.41, 5.74) is 2.45. The lowest BCUT2D eigenvalue weighted by Gasteiger charge is -2.08. The number of aliphatic hydroxyl groups excluding tert-OH is 1. The average Bonchev–Trinajstić information content (AvgIpc) is 2.73. The van der Waals surface area contributed by atoms with E-state index in [9.17, 15) is 0 Å². The Labute approximate surface area is 95.5 Å². The van der Waals surface area contributed by atoms with E-state index in [1.807, 2.05) is 19.2 Å². The monoisotopic (exact) mass is 218 g/mol. The zero-order valence-corrected chi connectivity index (χ0v) is 9.53. The number of fused-ring (bicyclic) bond motifs is 1. The first kappa shape index (κ1) is 11.2. The maximum atomic E-state index is 8.92. The Morgan fingerprint density at radius 3 is 3.00 bits per heavy atom. The maximum Gasteiger partial charge on any atom is 0.0468 e. The number of aromatic amines is 1. The molecule has 2 rings (SSSR count). The molecule has 2 aromatic rings. The molecular weight excluding hydrogens is 200 g/mol. The summed E-state index contributed by atoms with van der Waals surface area (Å²) in [6.07, 6.45) is 2.04. The molecule has 1 heterocycles. The molecule has 0 saturated heterocycles. The van der Waals surface area contributed by atoms with Crippen molar-refractivity contribution in [1.29, 1.82) is 0 Å². The minimum Gasteiger partial charge on any atom is -0.396 e. The highest BCUT2D eigenvalue weighted by Crippen LogP contribution is 2.17. The molecule has 3 nitrogen and oxygen atoms in total. The molecular formula is C13H18N2O. The van der Waals surface area contributed by atoms with Gasteiger partial charge in [0.05, 0.1) is 0 Å². The van der Waals surface area contributed by atoms with Crippen LogP contribution in [0.4, 0.5) is 0 Å². The van der Waals surface area contributed by atoms with Crippen molar-refractivity contribution in [3.05, 3.63) is 36.0 Å². The number of nitrogens with one attached hydrogen (secondary N) is 2. The maximum absolute atomic E-state index is 8.92. The first-order valence-corrected chi connectivity index (χ1v) is 5.68. The summed E-state index contributed by atoms with van der Waals surface area (Å²) in [4.78, 5) is 3.25. The Bertz CT molecular complexity index is 450. The van der Waals surface area contributed by atoms with Gasteiger partial charge in [0.25, 0.3) is 0 Å². The van der Waals surface area contributed by atoms with Crippen LogP contribution in [-0.2, 0) is 6.54 Å². The second-order valence-corrected chi connectivity index (χ2v) is 4.28. The van der Waals surface area contributed by atoms with Crippen molar-refractivity contribution in [2.24, 2.45) is 5.92 Å². The second-order valence-electron chi connectivity index (χ2n) is 4.28. The molecule has 1 unspecified atom stereocenters. The molecule has 1 atom stereocenters. The van der Waals surface area contributed by atoms with Gasteiger partial charge in [-0.3, -0.25) is 0 Å². The molecule has 0 aliphatic rings. The van der Waals surface area contributed by atoms with Crippen LogP contribution in [0.15, 0.2) is 30.5 Å². The van der Waals surface area contributed by atoms with E-state index in [4.69, 9.17) is 5.11 Å². The summed E-state index contributed by atoms with van der Waals surface area (Å²) in [7, 11) is 0. The van der Waals surface area contributed by atoms with Crippen molar-refractivity contribution in [3.63, 3.8) is 0 Å². The molecule has 0 saturated carbocycles. The molecule has 3 heteroatoms. The SMILES string of the molecule is CC(CO)CNCc1c[nH]c2ccccc12. The van der Waals surface area contributed by atoms with Crippen LogP contribution in [0.1, 0.15) is 12.5 Å². The molecule has 86 valence electrons. The highest BCUT2D eigenvalue weighted by atomic mass is 16.3. The summed E-state index contributed by atoms with van der Waals surface area (Å²) in [6, 6.07) is 8.29. The third-order valence-corrected chi connectivity index (χ3v) is 2.79. The first-order valence-electron chi connectivity index (χ1n) is 5.68. The van der Waals surface area contributed by atoms with Crippen LogP contribution < -0.4 is 5.32 Å². The largest absolute Gasteiger partial charge is 0.396 e. The number of aliphatic hydroxyl groups is 1. The summed E-state index contributed by atoms with van der Waals surface area (Å²) >= 11 is 0. The van der Waals surface area contributed by atoms with E-state index < -0.39 is 0 Å². The standard InChI is InChI=1S/C13H18N2O/c1-10(9-16)6-14-7-11-8-15-13-5-3-2-4-12(11)13/h2-5,8,10,14-16H,6-7,9H2,1H3. The number of hydrogen-bond acceptors (Lipinski definition) is 2. The van der Waals surface area contributed by atoms with Gasteiger partial charge in [0.1, 0.15) is 0 Å². The average molecular weight is 218 g/mol. The van der Waals surface area contributed by atoms with E-state index in [0.717, 1.165) is 13.1 Å². The smallest absolute Gasteiger partial charge is 0.0468 e. The van der Waals surface area contributed by atoms with Crippen LogP contribution in [0.2, 0.25) is 0 Å². The lowest BCUT2D eigenvalue weighted by atomic mass is 10.1. The van der Waals surface area contributed by atoms with E-state index in [0.29, 0.717) is 5.92 Å². The minimum atomic E-state index is 0.237. The first-order chi connectivity index (χ1) is 7.81. The van der Waals surface area contributed by atoms with Gasteiger partial charge in [-0.15, -0.1) is 0 Å². The minimum absolute atomic E-state index is 0.237. The van der Waals surface area contributed by atoms with Crippen LogP contribution >= 0.6 is 0 Å². The van der Waals surface area contributed by atoms with E-state index >= 15 is 0 Å². The van der Waals surface area contributed by atoms with E-state index in [1.54, 1.807) is 0 Å². The summed E-state index contributed by atoms with van der Waals surface area (Å²) in [5.74, 6) is 0.310. The van der Waals surface area contributed by atoms with Gasteiger partial charge in [-0.25, -0.2) is 0 Å². The highest BCUT2D eigenvalue weighted by Gasteiger charge is 2.03. The van der Waals surface area contributed by atoms with Crippen molar-refractivity contribution in [2.45, 2.75) is 13.5 Å². The second kappa shape index (κ2) is 5.14. The number of H-pyrrole nitrogens is 1. The molecule has 0 fully saturated rings. The van der Waals surface area contributed by atoms with Crippen molar-refractivity contribution in [2.75, 3.05) is 13.2 Å². The van der Waals surface area contributed by atoms with Crippen molar-refractivity contribution >= 4 is 10.9 Å². The molecule has 0 spiro atoms. The van der Waals surface area contributed by atoms with Crippen molar-refractivity contribution in [3.8, 4) is 0 Å². The molecule has 0 aliphatic heterocycles. The molecule has 0 amide bonds. The normalized spacial score (nSPS) is 13.1. The van der Waals surface area contributed by atoms with Gasteiger partial charge in [0.2, 0.25) is 0 Å². The van der Waals surface area contributed by atoms with E-state index in [2.05, 4.69) is 28.5 Å². The van der Waals surface area contributed by atoms with Crippen molar-refractivity contribution in [1.82, 2.24) is 10.3 Å². The number of aromatic nitrogens is 1. The summed E-state index contributed by atoms with van der Waals surface area (Å²) in [6.45, 7) is 3.95. The van der Waals surface area contributed by atoms with Gasteiger partial charge in [0.15, 0.2) is 0 Å². The van der Waals surface area contributed by atoms with Gasteiger partial charge in [-0.05, 0) is 17.5 Å². The van der Waals surface area contributed by atoms with E-state index in [-0.39, 0.29) is 6.61 Å². The third kappa shape index (κ3) is 2.43. The lowest BCUT2D eigenvalue weighted by molar-refractivity contribution is 0.233. The predicted octanol–water partition coefficient (Wildman–Crippen LogP) is 1.89. The summed E-state index contributed by atoms with van der Waals surface area (Å²) < 4.78 is 0. The van der Waals surface area contributed by atoms with Gasteiger partial charge < -0.3 is 15.4 Å². The van der Waals surface area contributed by atoms with Crippen LogP contribution in [0.3, 0.4) is 0 Å². The molecule has 0 radical (unpaired) electrons. The van der Waals surface area contributed by atoms with Crippen LogP contribution in [0.25, 0.3) is 10.9 Å². The fourth-order valence-corrected chi connectivity index (χ4v) is 1.80. The highest BCUT2D eigenvalue weighted by molar-refractivity contribution is 5.82. The topological polar surface area (TPSA) is 48.0 Å². The number of benzene rings is 1. The van der Waals surface area contributed by atoms with Gasteiger partial charge in [0, 0.05) is 36.8 Å². The van der Waals surface area contributed by atoms with Crippen LogP contribution in [0, 0.1) is 5.92 Å². The number of hydrogen-bond donors (Lipinski definition) is 3. The number of rotatable bonds is 5. The molecule has 16 heavy (non-hydrogen) atoms. The zero-order chi connectivity index (χ0) is 11.4. The molecule has 1 aromatic heterocycles.